The maximum Gasteiger partial charge on any atom is 0.231 e. The van der Waals surface area contributed by atoms with E-state index in [2.05, 4.69) is 5.32 Å². The summed E-state index contributed by atoms with van der Waals surface area (Å²) in [5.41, 5.74) is 4.49. The number of rotatable bonds is 5. The molecule has 0 aromatic heterocycles. The molecule has 0 atom stereocenters. The smallest absolute Gasteiger partial charge is 0.231 e. The van der Waals surface area contributed by atoms with Crippen LogP contribution in [0.2, 0.25) is 0 Å². The number of hydrogen-bond acceptors (Lipinski definition) is 4. The van der Waals surface area contributed by atoms with Gasteiger partial charge < -0.3 is 16.2 Å². The van der Waals surface area contributed by atoms with Crippen LogP contribution >= 0.6 is 0 Å². The number of carbonyl (C=O) groups excluding carboxylic acids is 1. The largest absolute Gasteiger partial charge is 0.388 e. The molecule has 0 aliphatic carbocycles. The first-order valence-electron chi connectivity index (χ1n) is 5.49. The fraction of sp³-hybridized carbons (Fsp3) is 0.900. The van der Waals surface area contributed by atoms with E-state index in [4.69, 9.17) is 5.73 Å². The van der Waals surface area contributed by atoms with Gasteiger partial charge in [-0.3, -0.25) is 9.69 Å². The van der Waals surface area contributed by atoms with Crippen molar-refractivity contribution in [3.05, 3.63) is 0 Å². The average Bonchev–Trinajstić information content (AvgIpc) is 2.16. The Morgan fingerprint density at radius 3 is 2.60 bits per heavy atom. The third kappa shape index (κ3) is 4.15. The third-order valence-corrected chi connectivity index (χ3v) is 2.88. The SMILES string of the molecule is CCN(CC(N)=O)CC1(O)CCNCC1. The van der Waals surface area contributed by atoms with Gasteiger partial charge in [-0.1, -0.05) is 6.92 Å². The van der Waals surface area contributed by atoms with Crippen LogP contribution in [0.1, 0.15) is 19.8 Å². The quantitative estimate of drug-likeness (QED) is 0.544. The van der Waals surface area contributed by atoms with Crippen LogP contribution in [0.5, 0.6) is 0 Å². The van der Waals surface area contributed by atoms with Crippen LogP contribution in [0.3, 0.4) is 0 Å². The molecule has 0 spiro atoms. The number of carbonyl (C=O) groups is 1. The van der Waals surface area contributed by atoms with Crippen molar-refractivity contribution in [1.82, 2.24) is 10.2 Å². The highest BCUT2D eigenvalue weighted by atomic mass is 16.3. The van der Waals surface area contributed by atoms with Crippen LogP contribution in [-0.2, 0) is 4.79 Å². The summed E-state index contributed by atoms with van der Waals surface area (Å²) in [6.07, 6.45) is 1.48. The van der Waals surface area contributed by atoms with Gasteiger partial charge in [0.15, 0.2) is 0 Å². The Morgan fingerprint density at radius 1 is 1.53 bits per heavy atom. The molecule has 0 unspecified atom stereocenters. The standard InChI is InChI=1S/C10H21N3O2/c1-2-13(7-9(11)14)8-10(15)3-5-12-6-4-10/h12,15H,2-8H2,1H3,(H2,11,14). The highest BCUT2D eigenvalue weighted by Gasteiger charge is 2.31. The number of piperidine rings is 1. The number of likely N-dealkylation sites (N-methyl/N-ethyl adjacent to an activating group) is 1. The van der Waals surface area contributed by atoms with Gasteiger partial charge in [0.05, 0.1) is 12.1 Å². The van der Waals surface area contributed by atoms with Crippen molar-refractivity contribution in [2.24, 2.45) is 5.73 Å². The van der Waals surface area contributed by atoms with Crippen LogP contribution < -0.4 is 11.1 Å². The van der Waals surface area contributed by atoms with Gasteiger partial charge in [-0.05, 0) is 32.5 Å². The number of nitrogens with zero attached hydrogens (tertiary/aromatic N) is 1. The minimum atomic E-state index is -0.656. The van der Waals surface area contributed by atoms with Gasteiger partial charge in [0.1, 0.15) is 0 Å². The molecule has 1 rings (SSSR count). The Kier molecular flexibility index (Phi) is 4.50. The molecule has 0 aromatic carbocycles. The molecule has 1 aliphatic heterocycles. The molecule has 88 valence electrons. The Labute approximate surface area is 90.6 Å². The number of nitrogens with one attached hydrogen (secondary N) is 1. The molecule has 1 aliphatic rings. The average molecular weight is 215 g/mol. The lowest BCUT2D eigenvalue weighted by atomic mass is 9.92. The second kappa shape index (κ2) is 5.44. The Morgan fingerprint density at radius 2 is 2.13 bits per heavy atom. The fourth-order valence-electron chi connectivity index (χ4n) is 1.97. The molecular formula is C10H21N3O2. The maximum atomic E-state index is 10.8. The Balaban J connectivity index is 2.45. The van der Waals surface area contributed by atoms with Gasteiger partial charge in [0, 0.05) is 6.54 Å². The normalized spacial score (nSPS) is 20.5. The third-order valence-electron chi connectivity index (χ3n) is 2.88. The second-order valence-corrected chi connectivity index (χ2v) is 4.24. The van der Waals surface area contributed by atoms with Crippen molar-refractivity contribution in [3.8, 4) is 0 Å². The molecule has 15 heavy (non-hydrogen) atoms. The van der Waals surface area contributed by atoms with Crippen molar-refractivity contribution in [2.75, 3.05) is 32.7 Å². The fourth-order valence-corrected chi connectivity index (χ4v) is 1.97. The van der Waals surface area contributed by atoms with Crippen LogP contribution in [0.4, 0.5) is 0 Å². The molecule has 0 saturated carbocycles. The van der Waals surface area contributed by atoms with Crippen LogP contribution in [0, 0.1) is 0 Å². The van der Waals surface area contributed by atoms with Gasteiger partial charge in [0.25, 0.3) is 0 Å². The summed E-state index contributed by atoms with van der Waals surface area (Å²) < 4.78 is 0. The van der Waals surface area contributed by atoms with Crippen molar-refractivity contribution in [1.29, 1.82) is 0 Å². The highest BCUT2D eigenvalue weighted by Crippen LogP contribution is 2.19. The van der Waals surface area contributed by atoms with Gasteiger partial charge in [-0.25, -0.2) is 0 Å². The number of primary amides is 1. The van der Waals surface area contributed by atoms with E-state index in [1.807, 2.05) is 11.8 Å². The molecular weight excluding hydrogens is 194 g/mol. The van der Waals surface area contributed by atoms with Gasteiger partial charge in [-0.15, -0.1) is 0 Å². The zero-order valence-electron chi connectivity index (χ0n) is 9.33. The zero-order valence-corrected chi connectivity index (χ0v) is 9.33. The first-order valence-corrected chi connectivity index (χ1v) is 5.49. The van der Waals surface area contributed by atoms with E-state index < -0.39 is 5.60 Å². The Bertz CT molecular complexity index is 215. The van der Waals surface area contributed by atoms with E-state index in [1.54, 1.807) is 0 Å². The maximum absolute atomic E-state index is 10.8. The van der Waals surface area contributed by atoms with Gasteiger partial charge in [0.2, 0.25) is 5.91 Å². The second-order valence-electron chi connectivity index (χ2n) is 4.24. The summed E-state index contributed by atoms with van der Waals surface area (Å²) in [7, 11) is 0. The molecule has 1 fully saturated rings. The van der Waals surface area contributed by atoms with Crippen molar-refractivity contribution >= 4 is 5.91 Å². The van der Waals surface area contributed by atoms with Gasteiger partial charge in [-0.2, -0.15) is 0 Å². The molecule has 0 radical (unpaired) electrons. The van der Waals surface area contributed by atoms with Crippen LogP contribution in [0.15, 0.2) is 0 Å². The predicted molar refractivity (Wildman–Crippen MR) is 58.4 cm³/mol. The number of amides is 1. The molecule has 5 heteroatoms. The summed E-state index contributed by atoms with van der Waals surface area (Å²) >= 11 is 0. The van der Waals surface area contributed by atoms with Crippen molar-refractivity contribution in [3.63, 3.8) is 0 Å². The number of nitrogens with two attached hydrogens (primary N) is 1. The lowest BCUT2D eigenvalue weighted by molar-refractivity contribution is -0.120. The van der Waals surface area contributed by atoms with E-state index in [0.29, 0.717) is 6.54 Å². The molecule has 4 N–H and O–H groups in total. The van der Waals surface area contributed by atoms with Crippen LogP contribution in [-0.4, -0.2) is 54.2 Å². The zero-order chi connectivity index (χ0) is 11.3. The number of aliphatic hydroxyl groups is 1. The predicted octanol–water partition coefficient (Wildman–Crippen LogP) is -1.09. The van der Waals surface area contributed by atoms with Crippen molar-refractivity contribution in [2.45, 2.75) is 25.4 Å². The molecule has 0 bridgehead atoms. The lowest BCUT2D eigenvalue weighted by Crippen LogP contribution is -2.51. The van der Waals surface area contributed by atoms with E-state index >= 15 is 0 Å². The highest BCUT2D eigenvalue weighted by molar-refractivity contribution is 5.75. The van der Waals surface area contributed by atoms with E-state index in [1.165, 1.54) is 0 Å². The monoisotopic (exact) mass is 215 g/mol. The topological polar surface area (TPSA) is 78.6 Å². The summed E-state index contributed by atoms with van der Waals surface area (Å²) in [6.45, 7) is 5.14. The molecule has 1 saturated heterocycles. The summed E-state index contributed by atoms with van der Waals surface area (Å²) in [6, 6.07) is 0. The van der Waals surface area contributed by atoms with Gasteiger partial charge >= 0.3 is 0 Å². The first-order chi connectivity index (χ1) is 7.06. The molecule has 0 aromatic rings. The minimum absolute atomic E-state index is 0.228. The summed E-state index contributed by atoms with van der Waals surface area (Å²) in [4.78, 5) is 12.7. The van der Waals surface area contributed by atoms with E-state index in [-0.39, 0.29) is 12.5 Å². The van der Waals surface area contributed by atoms with E-state index in [9.17, 15) is 9.90 Å². The Hall–Kier alpha value is -0.650. The molecule has 1 amide bonds. The molecule has 1 heterocycles. The van der Waals surface area contributed by atoms with E-state index in [0.717, 1.165) is 32.5 Å². The first kappa shape index (κ1) is 12.4. The molecule has 5 nitrogen and oxygen atoms in total. The van der Waals surface area contributed by atoms with Crippen LogP contribution in [0.25, 0.3) is 0 Å². The summed E-state index contributed by atoms with van der Waals surface area (Å²) in [5.74, 6) is -0.339. The van der Waals surface area contributed by atoms with Crippen molar-refractivity contribution < 1.29 is 9.90 Å². The lowest BCUT2D eigenvalue weighted by Gasteiger charge is -2.36. The summed E-state index contributed by atoms with van der Waals surface area (Å²) in [5, 5.41) is 13.5. The minimum Gasteiger partial charge on any atom is -0.388 e. The number of hydrogen-bond donors (Lipinski definition) is 3.